The first-order valence-electron chi connectivity index (χ1n) is 8.92. The number of hydrogen-bond donors (Lipinski definition) is 1. The van der Waals surface area contributed by atoms with Gasteiger partial charge in [-0.25, -0.2) is 9.78 Å². The number of aryl methyl sites for hydroxylation is 2. The third-order valence-electron chi connectivity index (χ3n) is 4.66. The standard InChI is InChI=1S/C20H22N4O3S/c1-5-8-12-11-21-17-15(19(26)24(3)20(27)23(17)2)16(12)22-18(25)13-9-6-7-10-14(13)28-4/h6-7,9-11H,5,8H2,1-4H3,(H,21,22,25). The van der Waals surface area contributed by atoms with E-state index in [4.69, 9.17) is 0 Å². The van der Waals surface area contributed by atoms with E-state index >= 15 is 0 Å². The number of nitrogens with zero attached hydrogens (tertiary/aromatic N) is 3. The lowest BCUT2D eigenvalue weighted by atomic mass is 10.1. The van der Waals surface area contributed by atoms with Crippen LogP contribution >= 0.6 is 11.8 Å². The molecular weight excluding hydrogens is 376 g/mol. The van der Waals surface area contributed by atoms with Gasteiger partial charge in [0.1, 0.15) is 5.39 Å². The number of fused-ring (bicyclic) bond motifs is 1. The summed E-state index contributed by atoms with van der Waals surface area (Å²) in [6, 6.07) is 7.30. The fourth-order valence-corrected chi connectivity index (χ4v) is 3.78. The summed E-state index contributed by atoms with van der Waals surface area (Å²) >= 11 is 1.48. The van der Waals surface area contributed by atoms with E-state index in [0.717, 1.165) is 21.4 Å². The van der Waals surface area contributed by atoms with Gasteiger partial charge in [0.05, 0.1) is 11.3 Å². The molecule has 146 valence electrons. The SMILES string of the molecule is CCCc1cnc2c(c1NC(=O)c1ccccc1SC)c(=O)n(C)c(=O)n2C. The van der Waals surface area contributed by atoms with Crippen LogP contribution in [0.4, 0.5) is 5.69 Å². The molecule has 0 saturated carbocycles. The Morgan fingerprint density at radius 3 is 2.57 bits per heavy atom. The average Bonchev–Trinajstić information content (AvgIpc) is 2.71. The number of carbonyl (C=O) groups is 1. The summed E-state index contributed by atoms with van der Waals surface area (Å²) in [4.78, 5) is 43.3. The first-order valence-corrected chi connectivity index (χ1v) is 10.1. The molecule has 2 aromatic heterocycles. The van der Waals surface area contributed by atoms with Crippen LogP contribution in [0.1, 0.15) is 29.3 Å². The minimum absolute atomic E-state index is 0.241. The van der Waals surface area contributed by atoms with Gasteiger partial charge in [0.15, 0.2) is 5.65 Å². The maximum absolute atomic E-state index is 13.0. The van der Waals surface area contributed by atoms with Gasteiger partial charge >= 0.3 is 5.69 Å². The number of amides is 1. The van der Waals surface area contributed by atoms with Crippen LogP contribution < -0.4 is 16.6 Å². The second kappa shape index (κ2) is 8.02. The topological polar surface area (TPSA) is 86.0 Å². The number of anilines is 1. The fraction of sp³-hybridized carbons (Fsp3) is 0.300. The van der Waals surface area contributed by atoms with Crippen molar-refractivity contribution in [3.63, 3.8) is 0 Å². The summed E-state index contributed by atoms with van der Waals surface area (Å²) in [6.07, 6.45) is 5.00. The molecule has 0 aliphatic heterocycles. The fourth-order valence-electron chi connectivity index (χ4n) is 3.18. The lowest BCUT2D eigenvalue weighted by Gasteiger charge is -2.16. The highest BCUT2D eigenvalue weighted by molar-refractivity contribution is 7.98. The summed E-state index contributed by atoms with van der Waals surface area (Å²) in [6.45, 7) is 2.01. The predicted molar refractivity (Wildman–Crippen MR) is 112 cm³/mol. The smallest absolute Gasteiger partial charge is 0.321 e. The van der Waals surface area contributed by atoms with Crippen molar-refractivity contribution in [3.05, 3.63) is 62.4 Å². The Morgan fingerprint density at radius 2 is 1.89 bits per heavy atom. The van der Waals surface area contributed by atoms with Gasteiger partial charge in [-0.3, -0.25) is 18.7 Å². The van der Waals surface area contributed by atoms with Crippen LogP contribution in [-0.2, 0) is 20.5 Å². The van der Waals surface area contributed by atoms with E-state index in [-0.39, 0.29) is 16.9 Å². The van der Waals surface area contributed by atoms with E-state index in [1.807, 2.05) is 25.3 Å². The molecule has 7 nitrogen and oxygen atoms in total. The number of thioether (sulfide) groups is 1. The molecule has 0 saturated heterocycles. The third-order valence-corrected chi connectivity index (χ3v) is 5.45. The minimum atomic E-state index is -0.475. The molecule has 8 heteroatoms. The monoisotopic (exact) mass is 398 g/mol. The molecule has 0 aliphatic carbocycles. The van der Waals surface area contributed by atoms with Crippen LogP contribution in [0.15, 0.2) is 44.9 Å². The lowest BCUT2D eigenvalue weighted by molar-refractivity contribution is 0.102. The molecule has 0 unspecified atom stereocenters. The van der Waals surface area contributed by atoms with Gasteiger partial charge < -0.3 is 5.32 Å². The highest BCUT2D eigenvalue weighted by atomic mass is 32.2. The molecule has 28 heavy (non-hydrogen) atoms. The Hall–Kier alpha value is -2.87. The van der Waals surface area contributed by atoms with Gasteiger partial charge in [0.2, 0.25) is 0 Å². The van der Waals surface area contributed by atoms with Crippen LogP contribution in [0, 0.1) is 0 Å². The van der Waals surface area contributed by atoms with E-state index in [9.17, 15) is 14.4 Å². The van der Waals surface area contributed by atoms with Gasteiger partial charge in [-0.2, -0.15) is 0 Å². The minimum Gasteiger partial charge on any atom is -0.321 e. The zero-order valence-corrected chi connectivity index (χ0v) is 17.1. The first-order chi connectivity index (χ1) is 13.4. The number of nitrogens with one attached hydrogen (secondary N) is 1. The predicted octanol–water partition coefficient (Wildman–Crippen LogP) is 2.56. The molecule has 0 spiro atoms. The third kappa shape index (κ3) is 3.35. The molecule has 2 heterocycles. The van der Waals surface area contributed by atoms with Crippen molar-refractivity contribution in [2.45, 2.75) is 24.7 Å². The number of pyridine rings is 1. The summed E-state index contributed by atoms with van der Waals surface area (Å²) < 4.78 is 2.35. The molecule has 0 aliphatic rings. The number of carbonyl (C=O) groups excluding carboxylic acids is 1. The number of aromatic nitrogens is 3. The van der Waals surface area contributed by atoms with E-state index in [2.05, 4.69) is 10.3 Å². The molecule has 0 fully saturated rings. The molecule has 3 aromatic rings. The lowest BCUT2D eigenvalue weighted by Crippen LogP contribution is -2.38. The summed E-state index contributed by atoms with van der Waals surface area (Å²) in [7, 11) is 2.98. The molecule has 3 rings (SSSR count). The van der Waals surface area contributed by atoms with Crippen LogP contribution in [0.5, 0.6) is 0 Å². The largest absolute Gasteiger partial charge is 0.332 e. The second-order valence-electron chi connectivity index (χ2n) is 6.47. The molecule has 1 N–H and O–H groups in total. The van der Waals surface area contributed by atoms with Crippen molar-refractivity contribution in [1.82, 2.24) is 14.1 Å². The summed E-state index contributed by atoms with van der Waals surface area (Å²) in [5.41, 5.74) is 1.03. The molecule has 1 amide bonds. The van der Waals surface area contributed by atoms with Gasteiger partial charge in [0, 0.05) is 25.2 Å². The Kier molecular flexibility index (Phi) is 5.69. The Bertz CT molecular complexity index is 1180. The van der Waals surface area contributed by atoms with Crippen molar-refractivity contribution < 1.29 is 4.79 Å². The molecule has 0 bridgehead atoms. The maximum Gasteiger partial charge on any atom is 0.332 e. The van der Waals surface area contributed by atoms with Crippen LogP contribution in [-0.4, -0.2) is 26.3 Å². The van der Waals surface area contributed by atoms with Crippen LogP contribution in [0.2, 0.25) is 0 Å². The normalized spacial score (nSPS) is 11.0. The maximum atomic E-state index is 13.0. The Balaban J connectivity index is 2.26. The van der Waals surface area contributed by atoms with Gasteiger partial charge in [-0.1, -0.05) is 25.5 Å². The van der Waals surface area contributed by atoms with E-state index in [0.29, 0.717) is 17.7 Å². The molecular formula is C20H22N4O3S. The van der Waals surface area contributed by atoms with E-state index in [1.54, 1.807) is 25.4 Å². The summed E-state index contributed by atoms with van der Waals surface area (Å²) in [5.74, 6) is -0.300. The average molecular weight is 398 g/mol. The van der Waals surface area contributed by atoms with Crippen LogP contribution in [0.3, 0.4) is 0 Å². The number of benzene rings is 1. The van der Waals surface area contributed by atoms with E-state index < -0.39 is 11.2 Å². The van der Waals surface area contributed by atoms with Crippen LogP contribution in [0.25, 0.3) is 11.0 Å². The molecule has 0 atom stereocenters. The zero-order chi connectivity index (χ0) is 20.4. The van der Waals surface area contributed by atoms with Crippen molar-refractivity contribution in [3.8, 4) is 0 Å². The number of rotatable bonds is 5. The Labute approximate surface area is 166 Å². The Morgan fingerprint density at radius 1 is 1.18 bits per heavy atom. The highest BCUT2D eigenvalue weighted by Crippen LogP contribution is 2.26. The van der Waals surface area contributed by atoms with Crippen molar-refractivity contribution in [2.75, 3.05) is 11.6 Å². The zero-order valence-electron chi connectivity index (χ0n) is 16.3. The first kappa shape index (κ1) is 19.9. The quantitative estimate of drug-likeness (QED) is 0.668. The van der Waals surface area contributed by atoms with Gasteiger partial charge in [-0.05, 0) is 30.4 Å². The van der Waals surface area contributed by atoms with Crippen molar-refractivity contribution in [1.29, 1.82) is 0 Å². The van der Waals surface area contributed by atoms with Gasteiger partial charge in [-0.15, -0.1) is 11.8 Å². The van der Waals surface area contributed by atoms with Crippen molar-refractivity contribution >= 4 is 34.4 Å². The molecule has 1 aromatic carbocycles. The highest BCUT2D eigenvalue weighted by Gasteiger charge is 2.20. The van der Waals surface area contributed by atoms with Gasteiger partial charge in [0.25, 0.3) is 11.5 Å². The summed E-state index contributed by atoms with van der Waals surface area (Å²) in [5, 5.41) is 3.16. The van der Waals surface area contributed by atoms with Crippen molar-refractivity contribution in [2.24, 2.45) is 14.1 Å². The van der Waals surface area contributed by atoms with E-state index in [1.165, 1.54) is 23.4 Å². The number of hydrogen-bond acceptors (Lipinski definition) is 5. The second-order valence-corrected chi connectivity index (χ2v) is 7.32. The molecule has 0 radical (unpaired) electrons.